The summed E-state index contributed by atoms with van der Waals surface area (Å²) < 4.78 is 1.97. The summed E-state index contributed by atoms with van der Waals surface area (Å²) >= 11 is 5.97. The minimum Gasteiger partial charge on any atom is -0.297 e. The lowest BCUT2D eigenvalue weighted by atomic mass is 9.93. The average molecular weight is 381 g/mol. The second-order valence-corrected chi connectivity index (χ2v) is 7.85. The quantitative estimate of drug-likeness (QED) is 0.656. The van der Waals surface area contributed by atoms with Gasteiger partial charge >= 0.3 is 0 Å². The number of aromatic nitrogens is 3. The molecule has 0 radical (unpaired) electrons. The fourth-order valence-corrected chi connectivity index (χ4v) is 3.97. The maximum atomic E-state index is 5.97. The molecule has 0 amide bonds. The molecular weight excluding hydrogens is 356 g/mol. The van der Waals surface area contributed by atoms with Crippen molar-refractivity contribution in [3.63, 3.8) is 0 Å². The van der Waals surface area contributed by atoms with Gasteiger partial charge in [0.1, 0.15) is 0 Å². The number of pyridine rings is 1. The Labute approximate surface area is 165 Å². The monoisotopic (exact) mass is 380 g/mol. The van der Waals surface area contributed by atoms with Crippen LogP contribution in [0.2, 0.25) is 5.02 Å². The van der Waals surface area contributed by atoms with Gasteiger partial charge in [-0.3, -0.25) is 14.6 Å². The van der Waals surface area contributed by atoms with Crippen LogP contribution in [0.3, 0.4) is 0 Å². The zero-order valence-corrected chi connectivity index (χ0v) is 16.4. The van der Waals surface area contributed by atoms with Crippen molar-refractivity contribution in [3.05, 3.63) is 82.4 Å². The van der Waals surface area contributed by atoms with Gasteiger partial charge in [-0.2, -0.15) is 5.10 Å². The van der Waals surface area contributed by atoms with Crippen LogP contribution in [0, 0.1) is 0 Å². The number of aryl methyl sites for hydroxylation is 1. The number of benzene rings is 1. The van der Waals surface area contributed by atoms with Gasteiger partial charge in [0.25, 0.3) is 0 Å². The van der Waals surface area contributed by atoms with Crippen LogP contribution in [-0.4, -0.2) is 32.8 Å². The molecule has 1 aliphatic rings. The Morgan fingerprint density at radius 2 is 1.89 bits per heavy atom. The van der Waals surface area contributed by atoms with Crippen molar-refractivity contribution in [2.24, 2.45) is 7.05 Å². The van der Waals surface area contributed by atoms with Gasteiger partial charge in [0, 0.05) is 49.2 Å². The first-order chi connectivity index (χ1) is 13.2. The molecule has 3 aromatic rings. The zero-order valence-electron chi connectivity index (χ0n) is 15.7. The van der Waals surface area contributed by atoms with Gasteiger partial charge < -0.3 is 0 Å². The highest BCUT2D eigenvalue weighted by Crippen LogP contribution is 2.27. The molecule has 0 aliphatic carbocycles. The van der Waals surface area contributed by atoms with Crippen molar-refractivity contribution in [1.82, 2.24) is 19.7 Å². The second-order valence-electron chi connectivity index (χ2n) is 7.41. The van der Waals surface area contributed by atoms with E-state index in [9.17, 15) is 0 Å². The fraction of sp³-hybridized carbons (Fsp3) is 0.364. The summed E-state index contributed by atoms with van der Waals surface area (Å²) in [6, 6.07) is 14.6. The minimum atomic E-state index is 0.511. The van der Waals surface area contributed by atoms with E-state index in [0.717, 1.165) is 31.1 Å². The van der Waals surface area contributed by atoms with Crippen LogP contribution < -0.4 is 0 Å². The molecule has 4 rings (SSSR count). The molecule has 0 saturated carbocycles. The zero-order chi connectivity index (χ0) is 18.6. The summed E-state index contributed by atoms with van der Waals surface area (Å²) in [5.74, 6) is 0.511. The molecule has 1 aromatic carbocycles. The maximum absolute atomic E-state index is 5.97. The van der Waals surface area contributed by atoms with Gasteiger partial charge in [-0.1, -0.05) is 29.8 Å². The molecule has 0 bridgehead atoms. The minimum absolute atomic E-state index is 0.511. The van der Waals surface area contributed by atoms with Crippen LogP contribution >= 0.6 is 11.6 Å². The summed E-state index contributed by atoms with van der Waals surface area (Å²) in [6.45, 7) is 3.17. The Morgan fingerprint density at radius 3 is 2.59 bits per heavy atom. The number of likely N-dealkylation sites (tertiary alicyclic amines) is 1. The van der Waals surface area contributed by atoms with Crippen molar-refractivity contribution >= 4 is 11.6 Å². The molecule has 1 fully saturated rings. The van der Waals surface area contributed by atoms with E-state index in [0.29, 0.717) is 5.92 Å². The standard InChI is InChI=1S/C22H25ClN4/c1-26-21(10-11-25-26)16-27-12-2-3-19(15-27)22-9-6-18(14-24-22)13-17-4-7-20(23)8-5-17/h4-11,14,19H,2-3,12-13,15-16H2,1H3/t19-/m1/s1. The Hall–Kier alpha value is -2.17. The molecular formula is C22H25ClN4. The first-order valence-corrected chi connectivity index (χ1v) is 9.94. The number of halogens is 1. The van der Waals surface area contributed by atoms with E-state index in [1.54, 1.807) is 0 Å². The Kier molecular flexibility index (Phi) is 5.55. The first kappa shape index (κ1) is 18.2. The number of hydrogen-bond donors (Lipinski definition) is 0. The maximum Gasteiger partial charge on any atom is 0.0521 e. The highest BCUT2D eigenvalue weighted by Gasteiger charge is 2.23. The second kappa shape index (κ2) is 8.24. The summed E-state index contributed by atoms with van der Waals surface area (Å²) in [4.78, 5) is 7.32. The predicted octanol–water partition coefficient (Wildman–Crippen LogP) is 4.44. The molecule has 1 atom stereocenters. The van der Waals surface area contributed by atoms with Crippen LogP contribution in [0.1, 0.15) is 41.3 Å². The van der Waals surface area contributed by atoms with E-state index in [2.05, 4.69) is 40.3 Å². The van der Waals surface area contributed by atoms with Gasteiger partial charge in [0.15, 0.2) is 0 Å². The topological polar surface area (TPSA) is 34.0 Å². The molecule has 2 aromatic heterocycles. The molecule has 5 heteroatoms. The highest BCUT2D eigenvalue weighted by atomic mass is 35.5. The van der Waals surface area contributed by atoms with Gasteiger partial charge in [0.2, 0.25) is 0 Å². The Bertz CT molecular complexity index is 870. The van der Waals surface area contributed by atoms with Crippen LogP contribution in [0.5, 0.6) is 0 Å². The molecule has 4 nitrogen and oxygen atoms in total. The molecule has 0 unspecified atom stereocenters. The third kappa shape index (κ3) is 4.57. The van der Waals surface area contributed by atoms with E-state index in [1.807, 2.05) is 36.3 Å². The number of piperidine rings is 1. The largest absolute Gasteiger partial charge is 0.297 e. The van der Waals surface area contributed by atoms with E-state index in [-0.39, 0.29) is 0 Å². The smallest absolute Gasteiger partial charge is 0.0521 e. The molecule has 140 valence electrons. The number of hydrogen-bond acceptors (Lipinski definition) is 3. The van der Waals surface area contributed by atoms with Gasteiger partial charge in [-0.15, -0.1) is 0 Å². The summed E-state index contributed by atoms with van der Waals surface area (Å²) in [5, 5.41) is 5.06. The summed E-state index contributed by atoms with van der Waals surface area (Å²) in [6.07, 6.45) is 7.23. The molecule has 0 N–H and O–H groups in total. The van der Waals surface area contributed by atoms with E-state index < -0.39 is 0 Å². The molecule has 0 spiro atoms. The molecule has 27 heavy (non-hydrogen) atoms. The lowest BCUT2D eigenvalue weighted by molar-refractivity contribution is 0.194. The third-order valence-electron chi connectivity index (χ3n) is 5.40. The number of rotatable bonds is 5. The SMILES string of the molecule is Cn1nccc1CN1CCC[C@@H](c2ccc(Cc3ccc(Cl)cc3)cn2)C1. The lowest BCUT2D eigenvalue weighted by Gasteiger charge is -2.32. The highest BCUT2D eigenvalue weighted by molar-refractivity contribution is 6.30. The first-order valence-electron chi connectivity index (χ1n) is 9.56. The lowest BCUT2D eigenvalue weighted by Crippen LogP contribution is -2.34. The predicted molar refractivity (Wildman–Crippen MR) is 109 cm³/mol. The van der Waals surface area contributed by atoms with Crippen LogP contribution in [0.4, 0.5) is 0 Å². The fourth-order valence-electron chi connectivity index (χ4n) is 3.85. The average Bonchev–Trinajstić information content (AvgIpc) is 3.09. The normalized spacial score (nSPS) is 17.9. The Balaban J connectivity index is 1.39. The van der Waals surface area contributed by atoms with Crippen molar-refractivity contribution in [1.29, 1.82) is 0 Å². The molecule has 1 aliphatic heterocycles. The van der Waals surface area contributed by atoms with E-state index in [1.165, 1.54) is 35.4 Å². The third-order valence-corrected chi connectivity index (χ3v) is 5.65. The Morgan fingerprint density at radius 1 is 1.07 bits per heavy atom. The van der Waals surface area contributed by atoms with E-state index in [4.69, 9.17) is 16.6 Å². The van der Waals surface area contributed by atoms with Crippen molar-refractivity contribution < 1.29 is 0 Å². The van der Waals surface area contributed by atoms with Gasteiger partial charge in [-0.05, 0) is 61.2 Å². The summed E-state index contributed by atoms with van der Waals surface area (Å²) in [5.41, 5.74) is 4.98. The van der Waals surface area contributed by atoms with Crippen LogP contribution in [0.25, 0.3) is 0 Å². The summed E-state index contributed by atoms with van der Waals surface area (Å²) in [7, 11) is 2.01. The molecule has 1 saturated heterocycles. The van der Waals surface area contributed by atoms with Crippen LogP contribution in [0.15, 0.2) is 54.9 Å². The van der Waals surface area contributed by atoms with Crippen molar-refractivity contribution in [2.75, 3.05) is 13.1 Å². The molecule has 3 heterocycles. The number of nitrogens with zero attached hydrogens (tertiary/aromatic N) is 4. The van der Waals surface area contributed by atoms with Crippen molar-refractivity contribution in [3.8, 4) is 0 Å². The van der Waals surface area contributed by atoms with E-state index >= 15 is 0 Å². The van der Waals surface area contributed by atoms with Gasteiger partial charge in [0.05, 0.1) is 5.69 Å². The van der Waals surface area contributed by atoms with Crippen molar-refractivity contribution in [2.45, 2.75) is 31.7 Å². The van der Waals surface area contributed by atoms with Crippen LogP contribution in [-0.2, 0) is 20.0 Å². The van der Waals surface area contributed by atoms with Gasteiger partial charge in [-0.25, -0.2) is 0 Å².